The number of hydrogen-bond acceptors (Lipinski definition) is 4. The number of rotatable bonds is 9. The van der Waals surface area contributed by atoms with Gasteiger partial charge in [-0.05, 0) is 69.2 Å². The van der Waals surface area contributed by atoms with Gasteiger partial charge in [0.05, 0.1) is 7.11 Å². The maximum atomic E-state index is 13.0. The molecule has 30 heavy (non-hydrogen) atoms. The Morgan fingerprint density at radius 2 is 1.70 bits per heavy atom. The van der Waals surface area contributed by atoms with Gasteiger partial charge in [0.15, 0.2) is 6.61 Å². The number of ether oxygens (including phenoxy) is 2. The molecule has 2 amide bonds. The summed E-state index contributed by atoms with van der Waals surface area (Å²) in [7, 11) is 1.60. The molecule has 0 radical (unpaired) electrons. The molecule has 7 heteroatoms. The van der Waals surface area contributed by atoms with E-state index in [-0.39, 0.29) is 31.0 Å². The molecule has 1 atom stereocenters. The zero-order valence-electron chi connectivity index (χ0n) is 18.1. The van der Waals surface area contributed by atoms with Crippen molar-refractivity contribution in [2.24, 2.45) is 0 Å². The van der Waals surface area contributed by atoms with Gasteiger partial charge in [0.25, 0.3) is 5.91 Å². The zero-order chi connectivity index (χ0) is 22.3. The van der Waals surface area contributed by atoms with Crippen molar-refractivity contribution in [2.45, 2.75) is 46.3 Å². The van der Waals surface area contributed by atoms with Gasteiger partial charge in [0.1, 0.15) is 17.5 Å². The topological polar surface area (TPSA) is 67.9 Å². The highest BCUT2D eigenvalue weighted by Crippen LogP contribution is 2.21. The van der Waals surface area contributed by atoms with Gasteiger partial charge in [-0.1, -0.05) is 23.7 Å². The molecule has 0 heterocycles. The third-order valence-electron chi connectivity index (χ3n) is 4.60. The van der Waals surface area contributed by atoms with E-state index in [9.17, 15) is 9.59 Å². The van der Waals surface area contributed by atoms with Crippen molar-refractivity contribution in [2.75, 3.05) is 13.7 Å². The molecule has 0 saturated carbocycles. The summed E-state index contributed by atoms with van der Waals surface area (Å²) >= 11 is 6.04. The van der Waals surface area contributed by atoms with E-state index in [1.54, 1.807) is 32.2 Å². The number of aryl methyl sites for hydroxylation is 1. The zero-order valence-corrected chi connectivity index (χ0v) is 18.8. The summed E-state index contributed by atoms with van der Waals surface area (Å²) in [6.45, 7) is 7.43. The highest BCUT2D eigenvalue weighted by atomic mass is 35.5. The molecule has 0 saturated heterocycles. The predicted octanol–water partition coefficient (Wildman–Crippen LogP) is 3.98. The standard InChI is InChI=1S/C23H29ClN2O4/c1-15(2)25-23(28)17(4)26(13-18-6-8-19(29-5)9-7-18)22(27)14-30-20-10-11-21(24)16(3)12-20/h6-12,15,17H,13-14H2,1-5H3,(H,25,28). The average molecular weight is 433 g/mol. The summed E-state index contributed by atoms with van der Waals surface area (Å²) in [6, 6.07) is 11.9. The van der Waals surface area contributed by atoms with Crippen LogP contribution in [0.15, 0.2) is 42.5 Å². The van der Waals surface area contributed by atoms with Gasteiger partial charge >= 0.3 is 0 Å². The molecule has 1 N–H and O–H groups in total. The number of nitrogens with zero attached hydrogens (tertiary/aromatic N) is 1. The highest BCUT2D eigenvalue weighted by molar-refractivity contribution is 6.31. The van der Waals surface area contributed by atoms with Crippen LogP contribution in [0.3, 0.4) is 0 Å². The summed E-state index contributed by atoms with van der Waals surface area (Å²) in [6.07, 6.45) is 0. The lowest BCUT2D eigenvalue weighted by Gasteiger charge is -2.29. The van der Waals surface area contributed by atoms with Gasteiger partial charge in [0.2, 0.25) is 5.91 Å². The Kier molecular flexibility index (Phi) is 8.54. The minimum absolute atomic E-state index is 0.0221. The number of nitrogens with one attached hydrogen (secondary N) is 1. The van der Waals surface area contributed by atoms with Crippen LogP contribution >= 0.6 is 11.6 Å². The Hall–Kier alpha value is -2.73. The van der Waals surface area contributed by atoms with E-state index in [1.165, 1.54) is 4.90 Å². The lowest BCUT2D eigenvalue weighted by atomic mass is 10.1. The van der Waals surface area contributed by atoms with Crippen LogP contribution in [0.5, 0.6) is 11.5 Å². The molecule has 0 spiro atoms. The fourth-order valence-electron chi connectivity index (χ4n) is 2.85. The first-order valence-electron chi connectivity index (χ1n) is 9.83. The van der Waals surface area contributed by atoms with E-state index in [0.717, 1.165) is 16.9 Å². The van der Waals surface area contributed by atoms with Crippen LogP contribution in [0.25, 0.3) is 0 Å². The first-order valence-corrected chi connectivity index (χ1v) is 10.2. The minimum atomic E-state index is -0.655. The molecule has 0 aliphatic rings. The lowest BCUT2D eigenvalue weighted by molar-refractivity contribution is -0.142. The molecular weight excluding hydrogens is 404 g/mol. The molecule has 0 aliphatic carbocycles. The molecule has 2 aromatic rings. The van der Waals surface area contributed by atoms with Crippen molar-refractivity contribution in [3.8, 4) is 11.5 Å². The van der Waals surface area contributed by atoms with Gasteiger partial charge < -0.3 is 19.7 Å². The monoisotopic (exact) mass is 432 g/mol. The van der Waals surface area contributed by atoms with Crippen LogP contribution < -0.4 is 14.8 Å². The second kappa shape index (κ2) is 10.9. The summed E-state index contributed by atoms with van der Waals surface area (Å²) < 4.78 is 10.9. The summed E-state index contributed by atoms with van der Waals surface area (Å²) in [5, 5.41) is 3.49. The largest absolute Gasteiger partial charge is 0.497 e. The number of hydrogen-bond donors (Lipinski definition) is 1. The number of benzene rings is 2. The van der Waals surface area contributed by atoms with E-state index in [2.05, 4.69) is 5.32 Å². The Balaban J connectivity index is 2.16. The maximum Gasteiger partial charge on any atom is 0.261 e. The lowest BCUT2D eigenvalue weighted by Crippen LogP contribution is -2.50. The molecule has 2 rings (SSSR count). The molecule has 6 nitrogen and oxygen atoms in total. The summed E-state index contributed by atoms with van der Waals surface area (Å²) in [4.78, 5) is 27.1. The normalized spacial score (nSPS) is 11.7. The third-order valence-corrected chi connectivity index (χ3v) is 5.03. The maximum absolute atomic E-state index is 13.0. The second-order valence-electron chi connectivity index (χ2n) is 7.41. The fraction of sp³-hybridized carbons (Fsp3) is 0.391. The smallest absolute Gasteiger partial charge is 0.261 e. The SMILES string of the molecule is COc1ccc(CN(C(=O)COc2ccc(Cl)c(C)c2)C(C)C(=O)NC(C)C)cc1. The fourth-order valence-corrected chi connectivity index (χ4v) is 2.97. The van der Waals surface area contributed by atoms with Crippen molar-refractivity contribution >= 4 is 23.4 Å². The number of carbonyl (C=O) groups is 2. The second-order valence-corrected chi connectivity index (χ2v) is 7.82. The Bertz CT molecular complexity index is 868. The van der Waals surface area contributed by atoms with Crippen LogP contribution in [-0.2, 0) is 16.1 Å². The van der Waals surface area contributed by atoms with Crippen molar-refractivity contribution in [1.82, 2.24) is 10.2 Å². The minimum Gasteiger partial charge on any atom is -0.497 e. The highest BCUT2D eigenvalue weighted by Gasteiger charge is 2.27. The molecule has 0 fully saturated rings. The number of methoxy groups -OCH3 is 1. The van der Waals surface area contributed by atoms with Crippen LogP contribution in [0.4, 0.5) is 0 Å². The Labute approximate surface area is 183 Å². The quantitative estimate of drug-likeness (QED) is 0.650. The van der Waals surface area contributed by atoms with E-state index in [1.807, 2.05) is 45.0 Å². The number of carbonyl (C=O) groups excluding carboxylic acids is 2. The van der Waals surface area contributed by atoms with Crippen LogP contribution in [0, 0.1) is 6.92 Å². The average Bonchev–Trinajstić information content (AvgIpc) is 2.72. The Morgan fingerprint density at radius 3 is 2.27 bits per heavy atom. The molecular formula is C23H29ClN2O4. The van der Waals surface area contributed by atoms with Crippen molar-refractivity contribution in [1.29, 1.82) is 0 Å². The Morgan fingerprint density at radius 1 is 1.07 bits per heavy atom. The van der Waals surface area contributed by atoms with E-state index >= 15 is 0 Å². The van der Waals surface area contributed by atoms with Gasteiger partial charge in [-0.2, -0.15) is 0 Å². The molecule has 1 unspecified atom stereocenters. The van der Waals surface area contributed by atoms with Gasteiger partial charge in [-0.25, -0.2) is 0 Å². The number of halogens is 1. The number of amides is 2. The van der Waals surface area contributed by atoms with Crippen molar-refractivity contribution < 1.29 is 19.1 Å². The van der Waals surface area contributed by atoms with E-state index < -0.39 is 6.04 Å². The molecule has 0 bridgehead atoms. The van der Waals surface area contributed by atoms with E-state index in [4.69, 9.17) is 21.1 Å². The van der Waals surface area contributed by atoms with Crippen LogP contribution in [0.2, 0.25) is 5.02 Å². The van der Waals surface area contributed by atoms with E-state index in [0.29, 0.717) is 10.8 Å². The van der Waals surface area contributed by atoms with Crippen molar-refractivity contribution in [3.63, 3.8) is 0 Å². The summed E-state index contributed by atoms with van der Waals surface area (Å²) in [5.74, 6) is 0.775. The van der Waals surface area contributed by atoms with Crippen molar-refractivity contribution in [3.05, 3.63) is 58.6 Å². The molecule has 162 valence electrons. The third kappa shape index (κ3) is 6.66. The molecule has 0 aromatic heterocycles. The van der Waals surface area contributed by atoms with Gasteiger partial charge in [-0.15, -0.1) is 0 Å². The van der Waals surface area contributed by atoms with Gasteiger partial charge in [0, 0.05) is 17.6 Å². The first kappa shape index (κ1) is 23.5. The molecule has 0 aliphatic heterocycles. The predicted molar refractivity (Wildman–Crippen MR) is 118 cm³/mol. The first-order chi connectivity index (χ1) is 14.2. The van der Waals surface area contributed by atoms with Crippen LogP contribution in [-0.4, -0.2) is 42.5 Å². The van der Waals surface area contributed by atoms with Gasteiger partial charge in [-0.3, -0.25) is 9.59 Å². The molecule has 2 aromatic carbocycles. The summed E-state index contributed by atoms with van der Waals surface area (Å²) in [5.41, 5.74) is 1.75. The van der Waals surface area contributed by atoms with Crippen LogP contribution in [0.1, 0.15) is 31.9 Å².